The van der Waals surface area contributed by atoms with Crippen molar-refractivity contribution in [1.82, 2.24) is 4.98 Å². The Hall–Kier alpha value is -1.30. The summed E-state index contributed by atoms with van der Waals surface area (Å²) in [5, 5.41) is 0.0114. The molecule has 0 fully saturated rings. The second kappa shape index (κ2) is 3.62. The molecule has 0 aliphatic heterocycles. The van der Waals surface area contributed by atoms with Gasteiger partial charge in [-0.25, -0.2) is 0 Å². The number of hydrogen-bond acceptors (Lipinski definition) is 1. The van der Waals surface area contributed by atoms with Crippen molar-refractivity contribution in [2.24, 2.45) is 0 Å². The van der Waals surface area contributed by atoms with Crippen LogP contribution in [0, 0.1) is 0 Å². The fourth-order valence-corrected chi connectivity index (χ4v) is 2.01. The first-order chi connectivity index (χ1) is 7.41. The van der Waals surface area contributed by atoms with Gasteiger partial charge < -0.3 is 4.98 Å². The number of H-pyrrole nitrogens is 1. The summed E-state index contributed by atoms with van der Waals surface area (Å²) in [4.78, 5) is 13.9. The van der Waals surface area contributed by atoms with Crippen molar-refractivity contribution >= 4 is 26.8 Å². The van der Waals surface area contributed by atoms with E-state index in [2.05, 4.69) is 20.9 Å². The Bertz CT molecular complexity index is 603. The van der Waals surface area contributed by atoms with Gasteiger partial charge in [0.2, 0.25) is 0 Å². The molecule has 2 nitrogen and oxygen atoms in total. The van der Waals surface area contributed by atoms with Crippen LogP contribution in [0.3, 0.4) is 0 Å². The van der Waals surface area contributed by atoms with Gasteiger partial charge in [0.05, 0.1) is 16.5 Å². The Kier molecular flexibility index (Phi) is 2.53. The van der Waals surface area contributed by atoms with Crippen LogP contribution in [0.1, 0.15) is 5.56 Å². The molecule has 2 rings (SSSR count). The molecule has 1 heterocycles. The summed E-state index contributed by atoms with van der Waals surface area (Å²) in [6, 6.07) is 3.34. The van der Waals surface area contributed by atoms with E-state index in [-0.39, 0.29) is 10.9 Å². The molecular formula is C10H5BrF3NO. The summed E-state index contributed by atoms with van der Waals surface area (Å²) in [5.41, 5.74) is -1.50. The predicted molar refractivity (Wildman–Crippen MR) is 57.3 cm³/mol. The molecule has 1 aromatic heterocycles. The van der Waals surface area contributed by atoms with Gasteiger partial charge in [-0.15, -0.1) is 0 Å². The Balaban J connectivity index is 2.96. The monoisotopic (exact) mass is 291 g/mol. The maximum Gasteiger partial charge on any atom is 0.418 e. The van der Waals surface area contributed by atoms with E-state index in [9.17, 15) is 18.0 Å². The Morgan fingerprint density at radius 3 is 2.50 bits per heavy atom. The first-order valence-corrected chi connectivity index (χ1v) is 5.07. The largest absolute Gasteiger partial charge is 0.418 e. The lowest BCUT2D eigenvalue weighted by Gasteiger charge is -2.10. The van der Waals surface area contributed by atoms with Gasteiger partial charge in [0.15, 0.2) is 5.43 Å². The van der Waals surface area contributed by atoms with Gasteiger partial charge in [0.1, 0.15) is 0 Å². The Labute approximate surface area is 96.2 Å². The van der Waals surface area contributed by atoms with E-state index in [0.717, 1.165) is 6.07 Å². The number of aromatic amines is 1. The van der Waals surface area contributed by atoms with E-state index in [1.807, 2.05) is 0 Å². The van der Waals surface area contributed by atoms with Gasteiger partial charge in [-0.1, -0.05) is 0 Å². The van der Waals surface area contributed by atoms with Gasteiger partial charge >= 0.3 is 6.18 Å². The second-order valence-electron chi connectivity index (χ2n) is 3.18. The molecule has 0 saturated heterocycles. The van der Waals surface area contributed by atoms with E-state index in [1.54, 1.807) is 0 Å². The van der Waals surface area contributed by atoms with E-state index in [1.165, 1.54) is 18.3 Å². The zero-order chi connectivity index (χ0) is 11.9. The van der Waals surface area contributed by atoms with Crippen LogP contribution in [0.25, 0.3) is 10.9 Å². The van der Waals surface area contributed by atoms with Crippen molar-refractivity contribution in [3.8, 4) is 0 Å². The number of nitrogens with one attached hydrogen (secondary N) is 1. The quantitative estimate of drug-likeness (QED) is 0.794. The molecule has 1 aromatic carbocycles. The van der Waals surface area contributed by atoms with Gasteiger partial charge in [0, 0.05) is 16.7 Å². The summed E-state index contributed by atoms with van der Waals surface area (Å²) in [5.74, 6) is 0. The number of hydrogen-bond donors (Lipinski definition) is 1. The zero-order valence-electron chi connectivity index (χ0n) is 7.73. The fraction of sp³-hybridized carbons (Fsp3) is 0.100. The van der Waals surface area contributed by atoms with Gasteiger partial charge in [-0.3, -0.25) is 4.79 Å². The van der Waals surface area contributed by atoms with Crippen molar-refractivity contribution in [1.29, 1.82) is 0 Å². The lowest BCUT2D eigenvalue weighted by Crippen LogP contribution is -2.10. The number of halogens is 4. The standard InChI is InChI=1S/C10H5BrF3NO/c11-6-2-1-5(10(12,13)14)9-8(6)7(16)3-4-15-9/h1-4H,(H,15,16). The lowest BCUT2D eigenvalue weighted by atomic mass is 10.1. The van der Waals surface area contributed by atoms with Crippen LogP contribution in [0.4, 0.5) is 13.2 Å². The first kappa shape index (κ1) is 11.2. The summed E-state index contributed by atoms with van der Waals surface area (Å²) in [6.07, 6.45) is -3.28. The van der Waals surface area contributed by atoms with Crippen LogP contribution in [0.2, 0.25) is 0 Å². The minimum Gasteiger partial charge on any atom is -0.360 e. The number of fused-ring (bicyclic) bond motifs is 1. The third kappa shape index (κ3) is 1.73. The van der Waals surface area contributed by atoms with Crippen molar-refractivity contribution in [2.75, 3.05) is 0 Å². The first-order valence-electron chi connectivity index (χ1n) is 4.28. The average molecular weight is 292 g/mol. The Morgan fingerprint density at radius 2 is 1.88 bits per heavy atom. The maximum absolute atomic E-state index is 12.6. The average Bonchev–Trinajstić information content (AvgIpc) is 2.16. The van der Waals surface area contributed by atoms with Crippen molar-refractivity contribution in [2.45, 2.75) is 6.18 Å². The number of rotatable bonds is 0. The molecule has 0 radical (unpaired) electrons. The SMILES string of the molecule is O=c1cc[nH]c2c(C(F)(F)F)ccc(Br)c12. The molecule has 0 spiro atoms. The molecule has 0 amide bonds. The smallest absolute Gasteiger partial charge is 0.360 e. The third-order valence-corrected chi connectivity index (χ3v) is 2.83. The van der Waals surface area contributed by atoms with E-state index >= 15 is 0 Å². The highest BCUT2D eigenvalue weighted by molar-refractivity contribution is 9.10. The van der Waals surface area contributed by atoms with Gasteiger partial charge in [-0.2, -0.15) is 13.2 Å². The third-order valence-electron chi connectivity index (χ3n) is 2.17. The minimum absolute atomic E-state index is 0.0114. The highest BCUT2D eigenvalue weighted by Crippen LogP contribution is 2.35. The molecule has 6 heteroatoms. The van der Waals surface area contributed by atoms with Crippen molar-refractivity contribution in [3.05, 3.63) is 44.7 Å². The lowest BCUT2D eigenvalue weighted by molar-refractivity contribution is -0.136. The van der Waals surface area contributed by atoms with Crippen LogP contribution in [-0.4, -0.2) is 4.98 Å². The van der Waals surface area contributed by atoms with Crippen LogP contribution in [0.15, 0.2) is 33.7 Å². The molecule has 0 unspecified atom stereocenters. The van der Waals surface area contributed by atoms with Crippen LogP contribution in [0.5, 0.6) is 0 Å². The molecule has 0 bridgehead atoms. The van der Waals surface area contributed by atoms with Crippen molar-refractivity contribution in [3.63, 3.8) is 0 Å². The molecule has 16 heavy (non-hydrogen) atoms. The molecule has 0 aliphatic rings. The molecule has 84 valence electrons. The topological polar surface area (TPSA) is 32.9 Å². The summed E-state index contributed by atoms with van der Waals surface area (Å²) >= 11 is 3.06. The van der Waals surface area contributed by atoms with Gasteiger partial charge in [0.25, 0.3) is 0 Å². The Morgan fingerprint density at radius 1 is 1.19 bits per heavy atom. The maximum atomic E-state index is 12.6. The fourth-order valence-electron chi connectivity index (χ4n) is 1.49. The van der Waals surface area contributed by atoms with Gasteiger partial charge in [-0.05, 0) is 28.1 Å². The molecule has 0 saturated carbocycles. The predicted octanol–water partition coefficient (Wildman–Crippen LogP) is 3.31. The van der Waals surface area contributed by atoms with E-state index < -0.39 is 17.2 Å². The van der Waals surface area contributed by atoms with Crippen molar-refractivity contribution < 1.29 is 13.2 Å². The number of pyridine rings is 1. The van der Waals surface area contributed by atoms with Crippen LogP contribution in [-0.2, 0) is 6.18 Å². The molecule has 0 atom stereocenters. The normalized spacial score (nSPS) is 12.0. The highest BCUT2D eigenvalue weighted by atomic mass is 79.9. The minimum atomic E-state index is -4.48. The summed E-state index contributed by atoms with van der Waals surface area (Å²) in [7, 11) is 0. The second-order valence-corrected chi connectivity index (χ2v) is 4.04. The number of benzene rings is 1. The van der Waals surface area contributed by atoms with E-state index in [0.29, 0.717) is 4.47 Å². The summed E-state index contributed by atoms with van der Waals surface area (Å²) < 4.78 is 38.3. The number of aromatic nitrogens is 1. The van der Waals surface area contributed by atoms with Crippen LogP contribution < -0.4 is 5.43 Å². The highest BCUT2D eigenvalue weighted by Gasteiger charge is 2.33. The molecule has 1 N–H and O–H groups in total. The number of alkyl halides is 3. The zero-order valence-corrected chi connectivity index (χ0v) is 9.32. The molecule has 0 aliphatic carbocycles. The summed E-state index contributed by atoms with van der Waals surface area (Å²) in [6.45, 7) is 0. The molecule has 2 aromatic rings. The van der Waals surface area contributed by atoms with E-state index in [4.69, 9.17) is 0 Å². The van der Waals surface area contributed by atoms with Crippen LogP contribution >= 0.6 is 15.9 Å². The molecular weight excluding hydrogens is 287 g/mol.